The number of tetrazole rings is 1. The second-order valence-electron chi connectivity index (χ2n) is 7.21. The van der Waals surface area contributed by atoms with Gasteiger partial charge in [-0.25, -0.2) is 0 Å². The molecule has 0 unspecified atom stereocenters. The number of hydrogen-bond donors (Lipinski definition) is 0. The molecular formula is C21H26N6O. The predicted octanol–water partition coefficient (Wildman–Crippen LogP) is 2.91. The molecule has 1 heterocycles. The average molecular weight is 378 g/mol. The number of nitrogens with zero attached hydrogens (tertiary/aromatic N) is 6. The van der Waals surface area contributed by atoms with Crippen molar-refractivity contribution in [3.8, 4) is 5.69 Å². The van der Waals surface area contributed by atoms with E-state index in [2.05, 4.69) is 15.5 Å². The Bertz CT molecular complexity index is 957. The number of aryl methyl sites for hydroxylation is 2. The van der Waals surface area contributed by atoms with Gasteiger partial charge < -0.3 is 9.80 Å². The van der Waals surface area contributed by atoms with Gasteiger partial charge in [-0.1, -0.05) is 30.3 Å². The largest absolute Gasteiger partial charge is 0.378 e. The van der Waals surface area contributed by atoms with E-state index in [9.17, 15) is 4.79 Å². The molecule has 0 aliphatic rings. The fourth-order valence-electron chi connectivity index (χ4n) is 3.35. The van der Waals surface area contributed by atoms with Crippen LogP contribution in [-0.2, 0) is 4.79 Å². The highest BCUT2D eigenvalue weighted by molar-refractivity contribution is 5.74. The van der Waals surface area contributed by atoms with E-state index >= 15 is 0 Å². The van der Waals surface area contributed by atoms with Crippen LogP contribution in [0.15, 0.2) is 42.5 Å². The van der Waals surface area contributed by atoms with Crippen LogP contribution in [0.2, 0.25) is 0 Å². The van der Waals surface area contributed by atoms with Gasteiger partial charge in [0.05, 0.1) is 5.69 Å². The van der Waals surface area contributed by atoms with Crippen LogP contribution in [0.25, 0.3) is 5.69 Å². The molecule has 3 rings (SSSR count). The number of carbonyl (C=O) groups excluding carboxylic acids is 1. The van der Waals surface area contributed by atoms with E-state index in [0.29, 0.717) is 5.82 Å². The molecule has 2 aromatic carbocycles. The third kappa shape index (κ3) is 3.60. The second-order valence-corrected chi connectivity index (χ2v) is 7.21. The highest BCUT2D eigenvalue weighted by Gasteiger charge is 2.28. The summed E-state index contributed by atoms with van der Waals surface area (Å²) >= 11 is 0. The Balaban J connectivity index is 2.16. The van der Waals surface area contributed by atoms with Crippen molar-refractivity contribution in [2.24, 2.45) is 0 Å². The fourth-order valence-corrected chi connectivity index (χ4v) is 3.35. The maximum atomic E-state index is 12.3. The Morgan fingerprint density at radius 2 is 1.61 bits per heavy atom. The molecular weight excluding hydrogens is 352 g/mol. The fraction of sp³-hybridized carbons (Fsp3) is 0.333. The summed E-state index contributed by atoms with van der Waals surface area (Å²) in [5.41, 5.74) is 5.11. The van der Waals surface area contributed by atoms with Gasteiger partial charge in [-0.15, -0.1) is 5.10 Å². The van der Waals surface area contributed by atoms with Gasteiger partial charge in [0.1, 0.15) is 6.04 Å². The van der Waals surface area contributed by atoms with Crippen LogP contribution in [0.4, 0.5) is 5.69 Å². The number of benzene rings is 2. The van der Waals surface area contributed by atoms with Crippen LogP contribution in [-0.4, -0.2) is 52.2 Å². The molecule has 0 saturated heterocycles. The summed E-state index contributed by atoms with van der Waals surface area (Å²) < 4.78 is 1.74. The van der Waals surface area contributed by atoms with Crippen molar-refractivity contribution in [3.63, 3.8) is 0 Å². The first-order valence-corrected chi connectivity index (χ1v) is 9.16. The van der Waals surface area contributed by atoms with Crippen LogP contribution >= 0.6 is 0 Å². The zero-order valence-electron chi connectivity index (χ0n) is 17.2. The Kier molecular flexibility index (Phi) is 5.44. The third-order valence-corrected chi connectivity index (χ3v) is 5.00. The average Bonchev–Trinajstić information content (AvgIpc) is 3.11. The highest BCUT2D eigenvalue weighted by atomic mass is 16.2. The predicted molar refractivity (Wildman–Crippen MR) is 110 cm³/mol. The first-order chi connectivity index (χ1) is 13.3. The van der Waals surface area contributed by atoms with Gasteiger partial charge in [-0.3, -0.25) is 4.79 Å². The molecule has 146 valence electrons. The summed E-state index contributed by atoms with van der Waals surface area (Å²) in [6.07, 6.45) is 0. The maximum absolute atomic E-state index is 12.3. The summed E-state index contributed by atoms with van der Waals surface area (Å²) in [7, 11) is 5.77. The van der Waals surface area contributed by atoms with Crippen LogP contribution < -0.4 is 4.90 Å². The highest BCUT2D eigenvalue weighted by Crippen LogP contribution is 2.30. The zero-order chi connectivity index (χ0) is 20.4. The van der Waals surface area contributed by atoms with Crippen LogP contribution in [0.3, 0.4) is 0 Å². The molecule has 7 nitrogen and oxygen atoms in total. The lowest BCUT2D eigenvalue weighted by atomic mass is 10.0. The van der Waals surface area contributed by atoms with E-state index in [1.807, 2.05) is 75.3 Å². The lowest BCUT2D eigenvalue weighted by Crippen LogP contribution is -2.32. The molecule has 0 radical (unpaired) electrons. The summed E-state index contributed by atoms with van der Waals surface area (Å²) in [5, 5.41) is 12.5. The standard InChI is InChI=1S/C21H26N6O/c1-14-8-7-9-15(2)19(14)27-21(22-23-24-27)20(26(6)16(3)28)17-10-12-18(13-11-17)25(4)5/h7-13,20H,1-6H3/t20-/m0/s1. The van der Waals surface area contributed by atoms with E-state index in [4.69, 9.17) is 0 Å². The summed E-state index contributed by atoms with van der Waals surface area (Å²) in [6.45, 7) is 5.61. The van der Waals surface area contributed by atoms with Gasteiger partial charge in [0, 0.05) is 33.8 Å². The minimum absolute atomic E-state index is 0.0576. The van der Waals surface area contributed by atoms with Crippen molar-refractivity contribution >= 4 is 11.6 Å². The number of hydrogen-bond acceptors (Lipinski definition) is 5. The van der Waals surface area contributed by atoms with Crippen molar-refractivity contribution in [1.29, 1.82) is 0 Å². The topological polar surface area (TPSA) is 67.2 Å². The monoisotopic (exact) mass is 378 g/mol. The molecule has 0 aliphatic heterocycles. The Morgan fingerprint density at radius 3 is 2.14 bits per heavy atom. The Hall–Kier alpha value is -3.22. The number of rotatable bonds is 5. The number of amides is 1. The van der Waals surface area contributed by atoms with E-state index in [-0.39, 0.29) is 5.91 Å². The Labute approximate surface area is 165 Å². The number of aromatic nitrogens is 4. The molecule has 0 spiro atoms. The van der Waals surface area contributed by atoms with Crippen molar-refractivity contribution < 1.29 is 4.79 Å². The van der Waals surface area contributed by atoms with Crippen LogP contribution in [0, 0.1) is 13.8 Å². The lowest BCUT2D eigenvalue weighted by molar-refractivity contribution is -0.129. The van der Waals surface area contributed by atoms with Gasteiger partial charge in [-0.2, -0.15) is 4.68 Å². The first kappa shape index (κ1) is 19.5. The minimum atomic E-state index is -0.400. The van der Waals surface area contributed by atoms with E-state index < -0.39 is 6.04 Å². The minimum Gasteiger partial charge on any atom is -0.378 e. The zero-order valence-corrected chi connectivity index (χ0v) is 17.2. The quantitative estimate of drug-likeness (QED) is 0.683. The van der Waals surface area contributed by atoms with Gasteiger partial charge in [0.25, 0.3) is 0 Å². The SMILES string of the molecule is CC(=O)N(C)[C@@H](c1ccc(N(C)C)cc1)c1nnnn1-c1c(C)cccc1C. The van der Waals surface area contributed by atoms with E-state index in [1.165, 1.54) is 0 Å². The molecule has 1 amide bonds. The second kappa shape index (κ2) is 7.80. The van der Waals surface area contributed by atoms with Crippen molar-refractivity contribution in [1.82, 2.24) is 25.1 Å². The molecule has 0 N–H and O–H groups in total. The molecule has 1 aromatic heterocycles. The molecule has 0 saturated carbocycles. The molecule has 3 aromatic rings. The van der Waals surface area contributed by atoms with Gasteiger partial charge in [-0.05, 0) is 53.1 Å². The normalized spacial score (nSPS) is 11.9. The van der Waals surface area contributed by atoms with Crippen molar-refractivity contribution in [2.75, 3.05) is 26.0 Å². The smallest absolute Gasteiger partial charge is 0.220 e. The molecule has 0 fully saturated rings. The molecule has 1 atom stereocenters. The summed E-state index contributed by atoms with van der Waals surface area (Å²) in [5.74, 6) is 0.547. The maximum Gasteiger partial charge on any atom is 0.220 e. The number of carbonyl (C=O) groups is 1. The van der Waals surface area contributed by atoms with Gasteiger partial charge >= 0.3 is 0 Å². The van der Waals surface area contributed by atoms with Gasteiger partial charge in [0.15, 0.2) is 5.82 Å². The molecule has 0 bridgehead atoms. The Morgan fingerprint density at radius 1 is 1.00 bits per heavy atom. The van der Waals surface area contributed by atoms with Crippen LogP contribution in [0.1, 0.15) is 35.5 Å². The first-order valence-electron chi connectivity index (χ1n) is 9.16. The number of anilines is 1. The van der Waals surface area contributed by atoms with Gasteiger partial charge in [0.2, 0.25) is 5.91 Å². The number of para-hydroxylation sites is 1. The lowest BCUT2D eigenvalue weighted by Gasteiger charge is -2.27. The van der Waals surface area contributed by atoms with Crippen LogP contribution in [0.5, 0.6) is 0 Å². The summed E-state index contributed by atoms with van der Waals surface area (Å²) in [4.78, 5) is 16.0. The molecule has 28 heavy (non-hydrogen) atoms. The van der Waals surface area contributed by atoms with Crippen molar-refractivity contribution in [2.45, 2.75) is 26.8 Å². The molecule has 7 heteroatoms. The van der Waals surface area contributed by atoms with E-state index in [0.717, 1.165) is 28.1 Å². The van der Waals surface area contributed by atoms with Crippen molar-refractivity contribution in [3.05, 3.63) is 65.0 Å². The summed E-state index contributed by atoms with van der Waals surface area (Å²) in [6, 6.07) is 13.8. The molecule has 0 aliphatic carbocycles. The van der Waals surface area contributed by atoms with E-state index in [1.54, 1.807) is 23.6 Å². The third-order valence-electron chi connectivity index (χ3n) is 5.00.